The number of rotatable bonds is 1. The summed E-state index contributed by atoms with van der Waals surface area (Å²) < 4.78 is 0. The van der Waals surface area contributed by atoms with Crippen molar-refractivity contribution >= 4 is 22.2 Å². The maximum Gasteiger partial charge on any atom is 0.194 e. The molecule has 0 saturated heterocycles. The molecule has 3 rings (SSSR count). The van der Waals surface area contributed by atoms with Gasteiger partial charge in [-0.05, 0) is 13.0 Å². The molecule has 0 bridgehead atoms. The van der Waals surface area contributed by atoms with E-state index in [-0.39, 0.29) is 0 Å². The minimum absolute atomic E-state index is 0.504. The predicted molar refractivity (Wildman–Crippen MR) is 68.9 cm³/mol. The van der Waals surface area contributed by atoms with Crippen LogP contribution in [0.3, 0.4) is 0 Å². The van der Waals surface area contributed by atoms with Crippen molar-refractivity contribution in [3.63, 3.8) is 0 Å². The van der Waals surface area contributed by atoms with Gasteiger partial charge in [0.2, 0.25) is 0 Å². The number of nitriles is 1. The zero-order chi connectivity index (χ0) is 11.8. The summed E-state index contributed by atoms with van der Waals surface area (Å²) in [5, 5.41) is 12.4. The summed E-state index contributed by atoms with van der Waals surface area (Å²) in [4.78, 5) is 7.65. The van der Waals surface area contributed by atoms with E-state index in [2.05, 4.69) is 22.1 Å². The quantitative estimate of drug-likeness (QED) is 0.707. The van der Waals surface area contributed by atoms with Crippen LogP contribution < -0.4 is 0 Å². The Morgan fingerprint density at radius 2 is 2.18 bits per heavy atom. The number of aryl methyl sites for hydroxylation is 1. The maximum absolute atomic E-state index is 8.82. The third kappa shape index (κ3) is 1.52. The first-order chi connectivity index (χ1) is 8.29. The molecule has 2 heterocycles. The van der Waals surface area contributed by atoms with E-state index in [4.69, 9.17) is 5.26 Å². The summed E-state index contributed by atoms with van der Waals surface area (Å²) in [5.74, 6) is 0. The number of aromatic amines is 1. The van der Waals surface area contributed by atoms with Gasteiger partial charge >= 0.3 is 0 Å². The van der Waals surface area contributed by atoms with Gasteiger partial charge in [0.25, 0.3) is 0 Å². The summed E-state index contributed by atoms with van der Waals surface area (Å²) in [6.45, 7) is 2.03. The number of nitrogens with one attached hydrogen (secondary N) is 1. The highest BCUT2D eigenvalue weighted by molar-refractivity contribution is 7.10. The number of aromatic nitrogens is 2. The van der Waals surface area contributed by atoms with Crippen LogP contribution in [0.1, 0.15) is 10.7 Å². The Bertz CT molecular complexity index is 731. The third-order valence-corrected chi connectivity index (χ3v) is 3.50. The molecule has 0 spiro atoms. The molecule has 82 valence electrons. The number of hydrogen-bond acceptors (Lipinski definition) is 3. The molecule has 1 aromatic carbocycles. The van der Waals surface area contributed by atoms with Crippen LogP contribution in [0.25, 0.3) is 22.2 Å². The minimum atomic E-state index is 0.504. The van der Waals surface area contributed by atoms with Gasteiger partial charge in [-0.3, -0.25) is 0 Å². The molecule has 0 aliphatic carbocycles. The van der Waals surface area contributed by atoms with Crippen LogP contribution in [-0.2, 0) is 0 Å². The highest BCUT2D eigenvalue weighted by Gasteiger charge is 2.12. The van der Waals surface area contributed by atoms with Crippen LogP contribution in [-0.4, -0.2) is 9.97 Å². The topological polar surface area (TPSA) is 52.5 Å². The van der Waals surface area contributed by atoms with E-state index < -0.39 is 0 Å². The molecule has 0 amide bonds. The van der Waals surface area contributed by atoms with E-state index in [9.17, 15) is 0 Å². The number of para-hydroxylation sites is 1. The Labute approximate surface area is 102 Å². The van der Waals surface area contributed by atoms with Crippen LogP contribution in [0, 0.1) is 18.3 Å². The highest BCUT2D eigenvalue weighted by atomic mass is 32.1. The van der Waals surface area contributed by atoms with E-state index in [0.29, 0.717) is 5.01 Å². The number of nitrogens with zero attached hydrogens (tertiary/aromatic N) is 2. The van der Waals surface area contributed by atoms with E-state index >= 15 is 0 Å². The van der Waals surface area contributed by atoms with Gasteiger partial charge in [-0.25, -0.2) is 4.98 Å². The fourth-order valence-corrected chi connectivity index (χ4v) is 2.64. The second kappa shape index (κ2) is 3.72. The lowest BCUT2D eigenvalue weighted by molar-refractivity contribution is 1.28. The zero-order valence-electron chi connectivity index (χ0n) is 9.19. The molecule has 0 unspecified atom stereocenters. The van der Waals surface area contributed by atoms with Crippen LogP contribution in [0.5, 0.6) is 0 Å². The van der Waals surface area contributed by atoms with E-state index in [0.717, 1.165) is 27.9 Å². The molecule has 2 aromatic heterocycles. The predicted octanol–water partition coefficient (Wildman–Crippen LogP) is 3.47. The summed E-state index contributed by atoms with van der Waals surface area (Å²) in [7, 11) is 0. The fourth-order valence-electron chi connectivity index (χ4n) is 2.05. The van der Waals surface area contributed by atoms with Gasteiger partial charge in [0, 0.05) is 27.5 Å². The molecule has 4 heteroatoms. The molecule has 0 saturated carbocycles. The molecule has 0 fully saturated rings. The van der Waals surface area contributed by atoms with Crippen molar-refractivity contribution in [2.75, 3.05) is 0 Å². The van der Waals surface area contributed by atoms with E-state index in [1.165, 1.54) is 11.3 Å². The van der Waals surface area contributed by atoms with Crippen LogP contribution in [0.15, 0.2) is 29.6 Å². The lowest BCUT2D eigenvalue weighted by Crippen LogP contribution is -1.80. The largest absolute Gasteiger partial charge is 0.358 e. The van der Waals surface area contributed by atoms with Crippen LogP contribution in [0.2, 0.25) is 0 Å². The molecule has 3 aromatic rings. The first kappa shape index (κ1) is 10.1. The van der Waals surface area contributed by atoms with Gasteiger partial charge in [0.1, 0.15) is 6.07 Å². The number of hydrogen-bond donors (Lipinski definition) is 1. The fraction of sp³-hybridized carbons (Fsp3) is 0.0769. The molecule has 0 aliphatic rings. The minimum Gasteiger partial charge on any atom is -0.358 e. The highest BCUT2D eigenvalue weighted by Crippen LogP contribution is 2.32. The third-order valence-electron chi connectivity index (χ3n) is 2.75. The van der Waals surface area contributed by atoms with Gasteiger partial charge in [-0.2, -0.15) is 5.26 Å². The summed E-state index contributed by atoms with van der Waals surface area (Å²) in [5.41, 5.74) is 4.16. The molecule has 17 heavy (non-hydrogen) atoms. The molecular weight excluding hydrogens is 230 g/mol. The molecule has 0 atom stereocenters. The van der Waals surface area contributed by atoms with Gasteiger partial charge in [0.15, 0.2) is 5.01 Å². The smallest absolute Gasteiger partial charge is 0.194 e. The van der Waals surface area contributed by atoms with Gasteiger partial charge < -0.3 is 4.98 Å². The molecule has 0 radical (unpaired) electrons. The first-order valence-corrected chi connectivity index (χ1v) is 6.11. The standard InChI is InChI=1S/C13H9N3S/c1-8-13(11-7-17-12(6-14)16-11)9-4-2-3-5-10(9)15-8/h2-5,7,15H,1H3. The first-order valence-electron chi connectivity index (χ1n) is 5.23. The SMILES string of the molecule is Cc1[nH]c2ccccc2c1-c1csc(C#N)n1. The normalized spacial score (nSPS) is 10.6. The Morgan fingerprint density at radius 1 is 1.35 bits per heavy atom. The van der Waals surface area contributed by atoms with Crippen molar-refractivity contribution in [2.45, 2.75) is 6.92 Å². The lowest BCUT2D eigenvalue weighted by atomic mass is 10.1. The second-order valence-corrected chi connectivity index (χ2v) is 4.68. The van der Waals surface area contributed by atoms with Crippen molar-refractivity contribution in [1.82, 2.24) is 9.97 Å². The van der Waals surface area contributed by atoms with Gasteiger partial charge in [0.05, 0.1) is 5.69 Å². The monoisotopic (exact) mass is 239 g/mol. The summed E-state index contributed by atoms with van der Waals surface area (Å²) in [6, 6.07) is 10.2. The zero-order valence-corrected chi connectivity index (χ0v) is 10.0. The van der Waals surface area contributed by atoms with Crippen LogP contribution >= 0.6 is 11.3 Å². The van der Waals surface area contributed by atoms with Crippen molar-refractivity contribution in [3.8, 4) is 17.3 Å². The van der Waals surface area contributed by atoms with Gasteiger partial charge in [-0.1, -0.05) is 18.2 Å². The van der Waals surface area contributed by atoms with Crippen molar-refractivity contribution in [2.24, 2.45) is 0 Å². The summed E-state index contributed by atoms with van der Waals surface area (Å²) >= 11 is 1.38. The molecular formula is C13H9N3S. The van der Waals surface area contributed by atoms with E-state index in [1.807, 2.05) is 30.5 Å². The Morgan fingerprint density at radius 3 is 2.94 bits per heavy atom. The Balaban J connectivity index is 2.30. The molecule has 3 nitrogen and oxygen atoms in total. The summed E-state index contributed by atoms with van der Waals surface area (Å²) in [6.07, 6.45) is 0. The average Bonchev–Trinajstić information content (AvgIpc) is 2.91. The van der Waals surface area contributed by atoms with Crippen molar-refractivity contribution in [3.05, 3.63) is 40.3 Å². The van der Waals surface area contributed by atoms with Crippen molar-refractivity contribution < 1.29 is 0 Å². The van der Waals surface area contributed by atoms with Crippen LogP contribution in [0.4, 0.5) is 0 Å². The van der Waals surface area contributed by atoms with E-state index in [1.54, 1.807) is 0 Å². The molecule has 0 aliphatic heterocycles. The number of thiazole rings is 1. The van der Waals surface area contributed by atoms with Crippen molar-refractivity contribution in [1.29, 1.82) is 5.26 Å². The average molecular weight is 239 g/mol. The second-order valence-electron chi connectivity index (χ2n) is 3.82. The van der Waals surface area contributed by atoms with Gasteiger partial charge in [-0.15, -0.1) is 11.3 Å². The number of benzene rings is 1. The molecule has 1 N–H and O–H groups in total. The maximum atomic E-state index is 8.82. The lowest BCUT2D eigenvalue weighted by Gasteiger charge is -1.95. The number of fused-ring (bicyclic) bond motifs is 1. The Kier molecular flexibility index (Phi) is 2.20. The Hall–Kier alpha value is -2.12. The number of H-pyrrole nitrogens is 1.